The van der Waals surface area contributed by atoms with E-state index >= 15 is 0 Å². The second-order valence-corrected chi connectivity index (χ2v) is 9.92. The van der Waals surface area contributed by atoms with E-state index in [4.69, 9.17) is 14.2 Å². The van der Waals surface area contributed by atoms with Crippen molar-refractivity contribution in [2.75, 3.05) is 13.2 Å². The maximum absolute atomic E-state index is 12.5. The molecule has 202 valence electrons. The Balaban J connectivity index is 1.43. The van der Waals surface area contributed by atoms with Gasteiger partial charge in [0.25, 0.3) is 0 Å². The molecule has 0 amide bonds. The maximum atomic E-state index is 12.5. The number of carbonyl (C=O) groups excluding carboxylic acids is 1. The topological polar surface area (TPSA) is 44.8 Å². The summed E-state index contributed by atoms with van der Waals surface area (Å²) in [5.41, 5.74) is 3.46. The third kappa shape index (κ3) is 11.6. The van der Waals surface area contributed by atoms with Gasteiger partial charge in [-0.05, 0) is 35.6 Å². The molecule has 4 heteroatoms. The highest BCUT2D eigenvalue weighted by Crippen LogP contribution is 2.21. The fourth-order valence-electron chi connectivity index (χ4n) is 4.35. The number of hydrogen-bond donors (Lipinski definition) is 0. The number of hydrogen-bond acceptors (Lipinski definition) is 4. The number of carbonyl (C=O) groups is 1. The Morgan fingerprint density at radius 1 is 0.711 bits per heavy atom. The lowest BCUT2D eigenvalue weighted by molar-refractivity contribution is -0.114. The van der Waals surface area contributed by atoms with E-state index in [0.29, 0.717) is 39.5 Å². The first-order valence-electron chi connectivity index (χ1n) is 13.7. The molecular formula is C34H42O4. The molecule has 3 rings (SSSR count). The van der Waals surface area contributed by atoms with Crippen molar-refractivity contribution in [1.82, 2.24) is 0 Å². The van der Waals surface area contributed by atoms with E-state index in [1.54, 1.807) is 6.08 Å². The lowest BCUT2D eigenvalue weighted by Crippen LogP contribution is -2.31. The van der Waals surface area contributed by atoms with Gasteiger partial charge >= 0.3 is 0 Å². The second kappa shape index (κ2) is 17.5. The Bertz CT molecular complexity index is 1050. The van der Waals surface area contributed by atoms with E-state index in [9.17, 15) is 4.79 Å². The fourth-order valence-corrected chi connectivity index (χ4v) is 4.35. The monoisotopic (exact) mass is 514 g/mol. The minimum absolute atomic E-state index is 0.0681. The molecule has 38 heavy (non-hydrogen) atoms. The molecule has 0 radical (unpaired) electrons. The van der Waals surface area contributed by atoms with Crippen LogP contribution in [0.15, 0.2) is 103 Å². The number of ketones is 1. The minimum Gasteiger partial charge on any atom is -0.377 e. The van der Waals surface area contributed by atoms with E-state index in [0.717, 1.165) is 24.0 Å². The zero-order valence-electron chi connectivity index (χ0n) is 22.8. The molecule has 0 spiro atoms. The predicted octanol–water partition coefficient (Wildman–Crippen LogP) is 7.57. The standard InChI is InChI=1S/C34H42O4/c1-28(21-22-33(35)20-12-13-23-36-25-30-14-6-3-7-15-30)34(38-27-32-18-10-5-11-19-32)29(2)24-37-26-31-16-8-4-9-17-31/h3-11,14-19,21-22,28-29,34H,12-13,20,23-27H2,1-2H3/b22-21+/t28-,29+,34+/m1/s1. The number of ether oxygens (including phenoxy) is 3. The van der Waals surface area contributed by atoms with E-state index in [1.807, 2.05) is 60.7 Å². The van der Waals surface area contributed by atoms with Crippen LogP contribution in [0.3, 0.4) is 0 Å². The first-order valence-corrected chi connectivity index (χ1v) is 13.7. The minimum atomic E-state index is -0.0681. The van der Waals surface area contributed by atoms with Crippen molar-refractivity contribution in [1.29, 1.82) is 0 Å². The average Bonchev–Trinajstić information content (AvgIpc) is 2.95. The van der Waals surface area contributed by atoms with Crippen LogP contribution >= 0.6 is 0 Å². The summed E-state index contributed by atoms with van der Waals surface area (Å²) in [5.74, 6) is 0.390. The van der Waals surface area contributed by atoms with Crippen molar-refractivity contribution in [3.8, 4) is 0 Å². The summed E-state index contributed by atoms with van der Waals surface area (Å²) in [6.45, 7) is 7.25. The summed E-state index contributed by atoms with van der Waals surface area (Å²) in [7, 11) is 0. The van der Waals surface area contributed by atoms with E-state index in [-0.39, 0.29) is 23.7 Å². The molecule has 0 fully saturated rings. The molecule has 3 aromatic rings. The smallest absolute Gasteiger partial charge is 0.155 e. The van der Waals surface area contributed by atoms with Gasteiger partial charge in [0.15, 0.2) is 5.78 Å². The molecule has 0 N–H and O–H groups in total. The van der Waals surface area contributed by atoms with Crippen molar-refractivity contribution in [3.63, 3.8) is 0 Å². The van der Waals surface area contributed by atoms with Crippen LogP contribution in [-0.2, 0) is 38.8 Å². The van der Waals surface area contributed by atoms with Gasteiger partial charge in [-0.1, -0.05) is 111 Å². The van der Waals surface area contributed by atoms with Crippen LogP contribution in [0.1, 0.15) is 49.8 Å². The van der Waals surface area contributed by atoms with Crippen molar-refractivity contribution >= 4 is 5.78 Å². The predicted molar refractivity (Wildman–Crippen MR) is 154 cm³/mol. The van der Waals surface area contributed by atoms with E-state index < -0.39 is 0 Å². The van der Waals surface area contributed by atoms with Gasteiger partial charge in [0.05, 0.1) is 32.5 Å². The Morgan fingerprint density at radius 3 is 1.82 bits per heavy atom. The molecule has 0 aromatic heterocycles. The number of unbranched alkanes of at least 4 members (excludes halogenated alkanes) is 1. The van der Waals surface area contributed by atoms with Gasteiger partial charge < -0.3 is 14.2 Å². The van der Waals surface area contributed by atoms with Crippen molar-refractivity contribution in [3.05, 3.63) is 120 Å². The molecule has 0 bridgehead atoms. The van der Waals surface area contributed by atoms with Crippen LogP contribution in [0.25, 0.3) is 0 Å². The van der Waals surface area contributed by atoms with Gasteiger partial charge in [-0.15, -0.1) is 0 Å². The largest absolute Gasteiger partial charge is 0.377 e. The van der Waals surface area contributed by atoms with Gasteiger partial charge in [0.2, 0.25) is 0 Å². The van der Waals surface area contributed by atoms with Crippen LogP contribution in [0.2, 0.25) is 0 Å². The molecule has 0 saturated carbocycles. The molecule has 3 atom stereocenters. The SMILES string of the molecule is C[C@H](/C=C/C(=O)CCCCOCc1ccccc1)[C@H](OCc1ccccc1)[C@@H](C)COCc1ccccc1. The van der Waals surface area contributed by atoms with Gasteiger partial charge in [-0.3, -0.25) is 4.79 Å². The summed E-state index contributed by atoms with van der Waals surface area (Å²) in [5, 5.41) is 0. The summed E-state index contributed by atoms with van der Waals surface area (Å²) >= 11 is 0. The Hall–Kier alpha value is -3.05. The highest BCUT2D eigenvalue weighted by Gasteiger charge is 2.23. The van der Waals surface area contributed by atoms with Crippen molar-refractivity contribution in [2.45, 2.75) is 59.0 Å². The van der Waals surface area contributed by atoms with Crippen LogP contribution in [0, 0.1) is 11.8 Å². The molecular weight excluding hydrogens is 472 g/mol. The van der Waals surface area contributed by atoms with Gasteiger partial charge in [-0.2, -0.15) is 0 Å². The number of allylic oxidation sites excluding steroid dienone is 1. The van der Waals surface area contributed by atoms with Gasteiger partial charge in [0.1, 0.15) is 0 Å². The third-order valence-corrected chi connectivity index (χ3v) is 6.52. The number of benzene rings is 3. The Morgan fingerprint density at radius 2 is 1.24 bits per heavy atom. The quantitative estimate of drug-likeness (QED) is 0.130. The highest BCUT2D eigenvalue weighted by atomic mass is 16.5. The molecule has 0 aliphatic carbocycles. The summed E-state index contributed by atoms with van der Waals surface area (Å²) in [4.78, 5) is 12.5. The normalized spacial score (nSPS) is 13.8. The third-order valence-electron chi connectivity index (χ3n) is 6.52. The molecule has 0 aliphatic heterocycles. The van der Waals surface area contributed by atoms with Crippen molar-refractivity contribution < 1.29 is 19.0 Å². The van der Waals surface area contributed by atoms with Crippen LogP contribution < -0.4 is 0 Å². The molecule has 0 saturated heterocycles. The summed E-state index contributed by atoms with van der Waals surface area (Å²) < 4.78 is 18.1. The Kier molecular flexibility index (Phi) is 13.6. The van der Waals surface area contributed by atoms with E-state index in [1.165, 1.54) is 5.56 Å². The zero-order valence-corrected chi connectivity index (χ0v) is 22.8. The molecule has 4 nitrogen and oxygen atoms in total. The van der Waals surface area contributed by atoms with Crippen molar-refractivity contribution in [2.24, 2.45) is 11.8 Å². The Labute approximate surface area is 228 Å². The first-order chi connectivity index (χ1) is 18.6. The maximum Gasteiger partial charge on any atom is 0.155 e. The second-order valence-electron chi connectivity index (χ2n) is 9.92. The summed E-state index contributed by atoms with van der Waals surface area (Å²) in [6.07, 6.45) is 5.89. The van der Waals surface area contributed by atoms with Gasteiger partial charge in [-0.25, -0.2) is 0 Å². The van der Waals surface area contributed by atoms with E-state index in [2.05, 4.69) is 50.2 Å². The number of rotatable bonds is 18. The summed E-state index contributed by atoms with van der Waals surface area (Å²) in [6, 6.07) is 30.5. The van der Waals surface area contributed by atoms with Crippen LogP contribution in [0.5, 0.6) is 0 Å². The molecule has 3 aromatic carbocycles. The lowest BCUT2D eigenvalue weighted by atomic mass is 9.92. The molecule has 0 aliphatic rings. The van der Waals surface area contributed by atoms with Gasteiger partial charge in [0, 0.05) is 24.9 Å². The first kappa shape index (κ1) is 29.5. The molecule has 0 unspecified atom stereocenters. The highest BCUT2D eigenvalue weighted by molar-refractivity contribution is 5.89. The zero-order chi connectivity index (χ0) is 26.8. The lowest BCUT2D eigenvalue weighted by Gasteiger charge is -2.28. The fraction of sp³-hybridized carbons (Fsp3) is 0.382. The average molecular weight is 515 g/mol. The molecule has 0 heterocycles. The van der Waals surface area contributed by atoms with Crippen LogP contribution in [-0.4, -0.2) is 25.1 Å². The van der Waals surface area contributed by atoms with Crippen LogP contribution in [0.4, 0.5) is 0 Å².